The number of anilines is 1. The smallest absolute Gasteiger partial charge is 0.326 e. The van der Waals surface area contributed by atoms with Crippen molar-refractivity contribution in [2.45, 2.75) is 24.9 Å². The number of carboxylic acid groups (broad SMARTS) is 1. The largest absolute Gasteiger partial charge is 0.480 e. The maximum Gasteiger partial charge on any atom is 0.326 e. The van der Waals surface area contributed by atoms with E-state index in [-0.39, 0.29) is 11.9 Å². The number of benzene rings is 1. The molecule has 0 spiro atoms. The highest BCUT2D eigenvalue weighted by molar-refractivity contribution is 7.98. The van der Waals surface area contributed by atoms with Gasteiger partial charge in [0.15, 0.2) is 0 Å². The lowest BCUT2D eigenvalue weighted by atomic mass is 10.1. The van der Waals surface area contributed by atoms with E-state index in [4.69, 9.17) is 5.11 Å². The molecular weight excluding hydrogens is 276 g/mol. The van der Waals surface area contributed by atoms with Gasteiger partial charge in [0.1, 0.15) is 12.1 Å². The number of carbonyl (C=O) groups excluding carboxylic acids is 1. The molecule has 0 aromatic heterocycles. The Kier molecular flexibility index (Phi) is 4.89. The van der Waals surface area contributed by atoms with Gasteiger partial charge in [0.05, 0.1) is 0 Å². The molecule has 2 atom stereocenters. The molecule has 2 unspecified atom stereocenters. The average Bonchev–Trinajstić information content (AvgIpc) is 2.86. The molecule has 3 N–H and O–H groups in total. The third-order valence-electron chi connectivity index (χ3n) is 3.31. The Hall–Kier alpha value is -1.69. The van der Waals surface area contributed by atoms with Gasteiger partial charge < -0.3 is 15.7 Å². The van der Waals surface area contributed by atoms with E-state index in [1.165, 1.54) is 0 Å². The lowest BCUT2D eigenvalue weighted by Crippen LogP contribution is -2.47. The van der Waals surface area contributed by atoms with Crippen LogP contribution in [0.5, 0.6) is 0 Å². The van der Waals surface area contributed by atoms with Crippen LogP contribution >= 0.6 is 11.8 Å². The van der Waals surface area contributed by atoms with Gasteiger partial charge in [0.25, 0.3) is 0 Å². The molecule has 0 saturated carbocycles. The Balaban J connectivity index is 1.94. The molecule has 1 heterocycles. The Morgan fingerprint density at radius 3 is 2.90 bits per heavy atom. The summed E-state index contributed by atoms with van der Waals surface area (Å²) in [5.74, 6) is -0.534. The fourth-order valence-electron chi connectivity index (χ4n) is 2.22. The summed E-state index contributed by atoms with van der Waals surface area (Å²) in [5.41, 5.74) is 2.03. The second-order valence-corrected chi connectivity index (χ2v) is 5.72. The number of amides is 1. The van der Waals surface area contributed by atoms with Gasteiger partial charge in [-0.2, -0.15) is 11.8 Å². The molecule has 0 saturated heterocycles. The molecule has 1 aliphatic rings. The molecule has 2 rings (SSSR count). The first-order valence-corrected chi connectivity index (χ1v) is 7.87. The van der Waals surface area contributed by atoms with Crippen LogP contribution in [0.15, 0.2) is 24.3 Å². The van der Waals surface area contributed by atoms with Crippen molar-refractivity contribution in [1.29, 1.82) is 0 Å². The zero-order valence-corrected chi connectivity index (χ0v) is 12.1. The van der Waals surface area contributed by atoms with Gasteiger partial charge in [-0.1, -0.05) is 18.2 Å². The Morgan fingerprint density at radius 1 is 1.50 bits per heavy atom. The van der Waals surface area contributed by atoms with Crippen LogP contribution in [0.4, 0.5) is 5.69 Å². The number of aliphatic carboxylic acids is 1. The monoisotopic (exact) mass is 294 g/mol. The highest BCUT2D eigenvalue weighted by Gasteiger charge is 2.29. The van der Waals surface area contributed by atoms with E-state index in [0.717, 1.165) is 11.3 Å². The Morgan fingerprint density at radius 2 is 2.25 bits per heavy atom. The van der Waals surface area contributed by atoms with Crippen LogP contribution in [0, 0.1) is 0 Å². The molecule has 0 aliphatic carbocycles. The number of para-hydroxylation sites is 1. The number of hydrogen-bond acceptors (Lipinski definition) is 4. The highest BCUT2D eigenvalue weighted by atomic mass is 32.2. The number of nitrogens with one attached hydrogen (secondary N) is 2. The third kappa shape index (κ3) is 3.45. The first-order chi connectivity index (χ1) is 9.61. The van der Waals surface area contributed by atoms with E-state index >= 15 is 0 Å². The predicted molar refractivity (Wildman–Crippen MR) is 80.1 cm³/mol. The molecule has 108 valence electrons. The fraction of sp³-hybridized carbons (Fsp3) is 0.429. The van der Waals surface area contributed by atoms with Crippen LogP contribution in [0.1, 0.15) is 12.0 Å². The molecule has 1 amide bonds. The molecule has 0 radical (unpaired) electrons. The van der Waals surface area contributed by atoms with E-state index in [2.05, 4.69) is 10.6 Å². The van der Waals surface area contributed by atoms with E-state index in [0.29, 0.717) is 18.6 Å². The van der Waals surface area contributed by atoms with Crippen molar-refractivity contribution >= 4 is 29.3 Å². The van der Waals surface area contributed by atoms with Gasteiger partial charge >= 0.3 is 5.97 Å². The van der Waals surface area contributed by atoms with Crippen molar-refractivity contribution < 1.29 is 14.7 Å². The zero-order valence-electron chi connectivity index (χ0n) is 11.3. The summed E-state index contributed by atoms with van der Waals surface area (Å²) in [6.45, 7) is 0. The second-order valence-electron chi connectivity index (χ2n) is 4.74. The van der Waals surface area contributed by atoms with E-state index in [1.807, 2.05) is 30.5 Å². The SMILES string of the molecule is CSCCC(NC(=O)C1Cc2ccccc2N1)C(=O)O. The lowest BCUT2D eigenvalue weighted by molar-refractivity contribution is -0.141. The molecule has 6 heteroatoms. The molecule has 0 bridgehead atoms. The normalized spacial score (nSPS) is 17.9. The van der Waals surface area contributed by atoms with Gasteiger partial charge in [-0.3, -0.25) is 4.79 Å². The maximum atomic E-state index is 12.1. The van der Waals surface area contributed by atoms with Gasteiger partial charge in [-0.15, -0.1) is 0 Å². The van der Waals surface area contributed by atoms with E-state index in [9.17, 15) is 9.59 Å². The lowest BCUT2D eigenvalue weighted by Gasteiger charge is -2.17. The number of thioether (sulfide) groups is 1. The average molecular weight is 294 g/mol. The fourth-order valence-corrected chi connectivity index (χ4v) is 2.69. The second kappa shape index (κ2) is 6.65. The standard InChI is InChI=1S/C14H18N2O3S/c1-20-7-6-11(14(18)19)16-13(17)12-8-9-4-2-3-5-10(9)15-12/h2-5,11-12,15H,6-8H2,1H3,(H,16,17)(H,18,19). The van der Waals surface area contributed by atoms with Crippen LogP contribution in [0.25, 0.3) is 0 Å². The maximum absolute atomic E-state index is 12.1. The van der Waals surface area contributed by atoms with Crippen LogP contribution in [0.3, 0.4) is 0 Å². The Bertz CT molecular complexity index is 482. The number of fused-ring (bicyclic) bond motifs is 1. The van der Waals surface area contributed by atoms with Crippen molar-refractivity contribution in [2.24, 2.45) is 0 Å². The molecular formula is C14H18N2O3S. The first-order valence-electron chi connectivity index (χ1n) is 6.48. The van der Waals surface area contributed by atoms with Crippen molar-refractivity contribution in [3.05, 3.63) is 29.8 Å². The van der Waals surface area contributed by atoms with Crippen LogP contribution in [-0.4, -0.2) is 41.1 Å². The third-order valence-corrected chi connectivity index (χ3v) is 3.96. The van der Waals surface area contributed by atoms with Crippen molar-refractivity contribution in [2.75, 3.05) is 17.3 Å². The molecule has 20 heavy (non-hydrogen) atoms. The summed E-state index contributed by atoms with van der Waals surface area (Å²) in [4.78, 5) is 23.3. The molecule has 1 aromatic carbocycles. The van der Waals surface area contributed by atoms with Gasteiger partial charge in [0, 0.05) is 12.1 Å². The van der Waals surface area contributed by atoms with Crippen molar-refractivity contribution in [1.82, 2.24) is 5.32 Å². The minimum atomic E-state index is -0.983. The molecule has 0 fully saturated rings. The zero-order chi connectivity index (χ0) is 14.5. The van der Waals surface area contributed by atoms with Crippen LogP contribution in [0.2, 0.25) is 0 Å². The number of rotatable bonds is 6. The Labute approximate surface area is 122 Å². The number of hydrogen-bond donors (Lipinski definition) is 3. The summed E-state index contributed by atoms with van der Waals surface area (Å²) < 4.78 is 0. The summed E-state index contributed by atoms with van der Waals surface area (Å²) in [5, 5.41) is 14.9. The van der Waals surface area contributed by atoms with Gasteiger partial charge in [-0.25, -0.2) is 4.79 Å². The molecule has 1 aliphatic heterocycles. The number of carbonyl (C=O) groups is 2. The van der Waals surface area contributed by atoms with E-state index in [1.54, 1.807) is 11.8 Å². The summed E-state index contributed by atoms with van der Waals surface area (Å²) in [7, 11) is 0. The molecule has 5 nitrogen and oxygen atoms in total. The van der Waals surface area contributed by atoms with Crippen molar-refractivity contribution in [3.8, 4) is 0 Å². The minimum Gasteiger partial charge on any atom is -0.480 e. The van der Waals surface area contributed by atoms with Gasteiger partial charge in [-0.05, 0) is 30.1 Å². The quantitative estimate of drug-likeness (QED) is 0.738. The van der Waals surface area contributed by atoms with Gasteiger partial charge in [0.2, 0.25) is 5.91 Å². The topological polar surface area (TPSA) is 78.4 Å². The summed E-state index contributed by atoms with van der Waals surface area (Å²) >= 11 is 1.57. The first kappa shape index (κ1) is 14.7. The van der Waals surface area contributed by atoms with Crippen LogP contribution < -0.4 is 10.6 Å². The summed E-state index contributed by atoms with van der Waals surface area (Å²) in [6, 6.07) is 6.52. The van der Waals surface area contributed by atoms with Crippen LogP contribution in [-0.2, 0) is 16.0 Å². The van der Waals surface area contributed by atoms with E-state index < -0.39 is 12.0 Å². The predicted octanol–water partition coefficient (Wildman–Crippen LogP) is 1.35. The molecule has 1 aromatic rings. The van der Waals surface area contributed by atoms with Crippen molar-refractivity contribution in [3.63, 3.8) is 0 Å². The summed E-state index contributed by atoms with van der Waals surface area (Å²) in [6.07, 6.45) is 2.94. The minimum absolute atomic E-state index is 0.255. The number of carboxylic acids is 1. The highest BCUT2D eigenvalue weighted by Crippen LogP contribution is 2.25.